The van der Waals surface area contributed by atoms with Gasteiger partial charge in [-0.15, -0.1) is 0 Å². The molecule has 1 heterocycles. The normalized spacial score (nSPS) is 25.2. The molecule has 1 rings (SSSR count). The second-order valence-electron chi connectivity index (χ2n) is 5.45. The number of hydrogen-bond donors (Lipinski definition) is 0. The van der Waals surface area contributed by atoms with Gasteiger partial charge in [0.1, 0.15) is 5.60 Å². The van der Waals surface area contributed by atoms with Gasteiger partial charge in [-0.3, -0.25) is 4.90 Å². The van der Waals surface area contributed by atoms with Crippen LogP contribution in [-0.4, -0.2) is 56.8 Å². The molecule has 112 valence electrons. The zero-order valence-electron chi connectivity index (χ0n) is 11.9. The third-order valence-electron chi connectivity index (χ3n) is 2.40. The molecule has 0 bridgehead atoms. The van der Waals surface area contributed by atoms with Crippen molar-refractivity contribution in [2.75, 3.05) is 19.4 Å². The van der Waals surface area contributed by atoms with E-state index in [9.17, 15) is 13.2 Å². The number of carbonyl (C=O) groups is 1. The Balaban J connectivity index is 2.73. The van der Waals surface area contributed by atoms with Crippen LogP contribution in [0.3, 0.4) is 0 Å². The van der Waals surface area contributed by atoms with Crippen LogP contribution in [0, 0.1) is 0 Å². The predicted molar refractivity (Wildman–Crippen MR) is 68.1 cm³/mol. The monoisotopic (exact) mass is 295 g/mol. The van der Waals surface area contributed by atoms with E-state index in [4.69, 9.17) is 13.7 Å². The number of ether oxygens (including phenoxy) is 2. The highest BCUT2D eigenvalue weighted by atomic mass is 32.2. The zero-order valence-corrected chi connectivity index (χ0v) is 12.7. The van der Waals surface area contributed by atoms with E-state index in [1.54, 1.807) is 27.7 Å². The van der Waals surface area contributed by atoms with Crippen LogP contribution >= 0.6 is 0 Å². The van der Waals surface area contributed by atoms with E-state index in [0.29, 0.717) is 6.54 Å². The van der Waals surface area contributed by atoms with Crippen LogP contribution in [0.15, 0.2) is 0 Å². The van der Waals surface area contributed by atoms with Crippen molar-refractivity contribution in [1.29, 1.82) is 0 Å². The first-order valence-electron chi connectivity index (χ1n) is 5.99. The zero-order chi connectivity index (χ0) is 14.8. The van der Waals surface area contributed by atoms with Crippen LogP contribution in [-0.2, 0) is 23.8 Å². The number of amides is 1. The molecule has 1 aliphatic heterocycles. The second-order valence-corrected chi connectivity index (χ2v) is 7.05. The van der Waals surface area contributed by atoms with Crippen molar-refractivity contribution in [3.63, 3.8) is 0 Å². The second kappa shape index (κ2) is 5.64. The number of carbonyl (C=O) groups excluding carboxylic acids is 1. The number of hydrogen-bond acceptors (Lipinski definition) is 6. The summed E-state index contributed by atoms with van der Waals surface area (Å²) in [7, 11) is -3.64. The van der Waals surface area contributed by atoms with Crippen molar-refractivity contribution in [2.45, 2.75) is 45.6 Å². The Kier molecular flexibility index (Phi) is 4.81. The van der Waals surface area contributed by atoms with Gasteiger partial charge < -0.3 is 9.47 Å². The minimum Gasteiger partial charge on any atom is -0.444 e. The first-order chi connectivity index (χ1) is 8.49. The molecule has 0 N–H and O–H groups in total. The van der Waals surface area contributed by atoms with Gasteiger partial charge in [0.15, 0.2) is 6.29 Å². The molecule has 1 fully saturated rings. The fourth-order valence-electron chi connectivity index (χ4n) is 1.62. The highest BCUT2D eigenvalue weighted by Crippen LogP contribution is 2.19. The number of morpholine rings is 1. The van der Waals surface area contributed by atoms with E-state index in [-0.39, 0.29) is 6.61 Å². The highest BCUT2D eigenvalue weighted by molar-refractivity contribution is 7.86. The Morgan fingerprint density at radius 1 is 1.37 bits per heavy atom. The standard InChI is InChI=1S/C11H21NO6S/c1-8-9(18-19(5,14)15)16-7-6-12(8)10(13)17-11(2,3)4/h8-9H,6-7H2,1-5H3. The van der Waals surface area contributed by atoms with Gasteiger partial charge in [-0.2, -0.15) is 8.42 Å². The Morgan fingerprint density at radius 2 is 1.95 bits per heavy atom. The van der Waals surface area contributed by atoms with E-state index in [2.05, 4.69) is 0 Å². The maximum atomic E-state index is 12.0. The summed E-state index contributed by atoms with van der Waals surface area (Å²) in [6.07, 6.45) is -0.572. The predicted octanol–water partition coefficient (Wildman–Crippen LogP) is 0.944. The number of nitrogens with zero attached hydrogens (tertiary/aromatic N) is 1. The third-order valence-corrected chi connectivity index (χ3v) is 2.94. The number of rotatable bonds is 2. The van der Waals surface area contributed by atoms with Gasteiger partial charge in [-0.1, -0.05) is 0 Å². The molecule has 0 aliphatic carbocycles. The van der Waals surface area contributed by atoms with Crippen molar-refractivity contribution >= 4 is 16.2 Å². The van der Waals surface area contributed by atoms with Crippen LogP contribution in [0.5, 0.6) is 0 Å². The van der Waals surface area contributed by atoms with Crippen molar-refractivity contribution in [2.24, 2.45) is 0 Å². The van der Waals surface area contributed by atoms with Gasteiger partial charge >= 0.3 is 6.09 Å². The molecule has 19 heavy (non-hydrogen) atoms. The van der Waals surface area contributed by atoms with E-state index in [1.165, 1.54) is 4.90 Å². The first kappa shape index (κ1) is 16.2. The van der Waals surface area contributed by atoms with Crippen LogP contribution in [0.4, 0.5) is 4.79 Å². The molecule has 0 aromatic rings. The molecular formula is C11H21NO6S. The van der Waals surface area contributed by atoms with Crippen molar-refractivity contribution < 1.29 is 26.9 Å². The summed E-state index contributed by atoms with van der Waals surface area (Å²) in [5, 5.41) is 0. The summed E-state index contributed by atoms with van der Waals surface area (Å²) in [5.41, 5.74) is -0.609. The Labute approximate surface area is 113 Å². The fourth-order valence-corrected chi connectivity index (χ4v) is 2.18. The summed E-state index contributed by atoms with van der Waals surface area (Å²) < 4.78 is 37.5. The van der Waals surface area contributed by atoms with Crippen LogP contribution in [0.1, 0.15) is 27.7 Å². The Hall–Kier alpha value is -0.860. The molecule has 0 spiro atoms. The molecule has 7 nitrogen and oxygen atoms in total. The fraction of sp³-hybridized carbons (Fsp3) is 0.909. The Bertz CT molecular complexity index is 427. The average Bonchev–Trinajstić information content (AvgIpc) is 2.16. The van der Waals surface area contributed by atoms with Gasteiger partial charge in [0.05, 0.1) is 18.9 Å². The van der Waals surface area contributed by atoms with Crippen molar-refractivity contribution in [3.8, 4) is 0 Å². The van der Waals surface area contributed by atoms with Crippen LogP contribution < -0.4 is 0 Å². The lowest BCUT2D eigenvalue weighted by molar-refractivity contribution is -0.153. The quantitative estimate of drug-likeness (QED) is 0.705. The summed E-state index contributed by atoms with van der Waals surface area (Å²) in [6, 6.07) is -0.543. The van der Waals surface area contributed by atoms with E-state index < -0.39 is 34.1 Å². The molecule has 0 aromatic carbocycles. The topological polar surface area (TPSA) is 82.1 Å². The minimum absolute atomic E-state index is 0.198. The summed E-state index contributed by atoms with van der Waals surface area (Å²) in [5.74, 6) is 0. The minimum atomic E-state index is -3.64. The lowest BCUT2D eigenvalue weighted by Crippen LogP contribution is -2.54. The van der Waals surface area contributed by atoms with E-state index >= 15 is 0 Å². The highest BCUT2D eigenvalue weighted by Gasteiger charge is 2.36. The molecule has 8 heteroatoms. The first-order valence-corrected chi connectivity index (χ1v) is 7.81. The molecule has 1 amide bonds. The SMILES string of the molecule is CC1C(OS(C)(=O)=O)OCCN1C(=O)OC(C)(C)C. The largest absolute Gasteiger partial charge is 0.444 e. The summed E-state index contributed by atoms with van der Waals surface area (Å²) >= 11 is 0. The molecule has 1 saturated heterocycles. The Morgan fingerprint density at radius 3 is 2.42 bits per heavy atom. The van der Waals surface area contributed by atoms with Gasteiger partial charge in [0, 0.05) is 6.54 Å². The molecule has 0 saturated carbocycles. The van der Waals surface area contributed by atoms with Gasteiger partial charge in [0.25, 0.3) is 10.1 Å². The maximum absolute atomic E-state index is 12.0. The van der Waals surface area contributed by atoms with Crippen molar-refractivity contribution in [3.05, 3.63) is 0 Å². The van der Waals surface area contributed by atoms with Crippen LogP contribution in [0.25, 0.3) is 0 Å². The molecule has 1 aliphatic rings. The van der Waals surface area contributed by atoms with Crippen LogP contribution in [0.2, 0.25) is 0 Å². The van der Waals surface area contributed by atoms with Gasteiger partial charge in [-0.05, 0) is 27.7 Å². The van der Waals surface area contributed by atoms with E-state index in [1.807, 2.05) is 0 Å². The van der Waals surface area contributed by atoms with Gasteiger partial charge in [-0.25, -0.2) is 8.98 Å². The lowest BCUT2D eigenvalue weighted by Gasteiger charge is -2.38. The lowest BCUT2D eigenvalue weighted by atomic mass is 10.2. The van der Waals surface area contributed by atoms with Crippen molar-refractivity contribution in [1.82, 2.24) is 4.90 Å². The summed E-state index contributed by atoms with van der Waals surface area (Å²) in [4.78, 5) is 13.4. The maximum Gasteiger partial charge on any atom is 0.410 e. The third kappa shape index (κ3) is 5.33. The summed E-state index contributed by atoms with van der Waals surface area (Å²) in [6.45, 7) is 7.48. The van der Waals surface area contributed by atoms with Gasteiger partial charge in [0.2, 0.25) is 0 Å². The smallest absolute Gasteiger partial charge is 0.410 e. The molecule has 2 unspecified atom stereocenters. The molecule has 0 aromatic heterocycles. The molecular weight excluding hydrogens is 274 g/mol. The average molecular weight is 295 g/mol. The van der Waals surface area contributed by atoms with E-state index in [0.717, 1.165) is 6.26 Å². The molecule has 0 radical (unpaired) electrons. The molecule has 2 atom stereocenters.